The van der Waals surface area contributed by atoms with Crippen LogP contribution in [0.3, 0.4) is 0 Å². The lowest BCUT2D eigenvalue weighted by Gasteiger charge is -2.26. The molecule has 3 nitrogen and oxygen atoms in total. The second-order valence-corrected chi connectivity index (χ2v) is 5.64. The predicted octanol–water partition coefficient (Wildman–Crippen LogP) is 2.54. The summed E-state index contributed by atoms with van der Waals surface area (Å²) < 4.78 is 5.87. The van der Waals surface area contributed by atoms with Gasteiger partial charge in [0.1, 0.15) is 5.75 Å². The largest absolute Gasteiger partial charge is 0.494 e. The van der Waals surface area contributed by atoms with Gasteiger partial charge in [0, 0.05) is 19.6 Å². The molecular weight excluding hydrogens is 236 g/mol. The number of hydrogen-bond donors (Lipinski definition) is 1. The highest BCUT2D eigenvalue weighted by molar-refractivity contribution is 5.37. The SMILES string of the molecule is c1cc2c(cc1OCCCN1CCCCC1)CNC2. The first kappa shape index (κ1) is 12.9. The minimum Gasteiger partial charge on any atom is -0.494 e. The van der Waals surface area contributed by atoms with E-state index >= 15 is 0 Å². The minimum atomic E-state index is 0.836. The average molecular weight is 260 g/mol. The monoisotopic (exact) mass is 260 g/mol. The third-order valence-electron chi connectivity index (χ3n) is 4.14. The van der Waals surface area contributed by atoms with Crippen molar-refractivity contribution in [2.45, 2.75) is 38.8 Å². The number of likely N-dealkylation sites (tertiary alicyclic amines) is 1. The topological polar surface area (TPSA) is 24.5 Å². The van der Waals surface area contributed by atoms with E-state index < -0.39 is 0 Å². The molecule has 2 heterocycles. The summed E-state index contributed by atoms with van der Waals surface area (Å²) in [6.07, 6.45) is 5.29. The molecule has 1 saturated heterocycles. The van der Waals surface area contributed by atoms with E-state index in [1.807, 2.05) is 0 Å². The number of nitrogens with one attached hydrogen (secondary N) is 1. The van der Waals surface area contributed by atoms with Crippen LogP contribution in [0.1, 0.15) is 36.8 Å². The lowest BCUT2D eigenvalue weighted by molar-refractivity contribution is 0.205. The van der Waals surface area contributed by atoms with Gasteiger partial charge in [0.05, 0.1) is 6.61 Å². The van der Waals surface area contributed by atoms with Crippen molar-refractivity contribution >= 4 is 0 Å². The minimum absolute atomic E-state index is 0.836. The van der Waals surface area contributed by atoms with Crippen molar-refractivity contribution in [3.8, 4) is 5.75 Å². The van der Waals surface area contributed by atoms with E-state index in [1.165, 1.54) is 50.0 Å². The van der Waals surface area contributed by atoms with Crippen LogP contribution in [0.4, 0.5) is 0 Å². The van der Waals surface area contributed by atoms with Gasteiger partial charge in [-0.05, 0) is 55.6 Å². The lowest BCUT2D eigenvalue weighted by Crippen LogP contribution is -2.31. The van der Waals surface area contributed by atoms with Gasteiger partial charge in [-0.15, -0.1) is 0 Å². The number of hydrogen-bond acceptors (Lipinski definition) is 3. The van der Waals surface area contributed by atoms with Crippen LogP contribution in [0.25, 0.3) is 0 Å². The Morgan fingerprint density at radius 1 is 1.05 bits per heavy atom. The normalized spacial score (nSPS) is 19.4. The summed E-state index contributed by atoms with van der Waals surface area (Å²) >= 11 is 0. The molecule has 3 rings (SSSR count). The average Bonchev–Trinajstić information content (AvgIpc) is 2.92. The number of benzene rings is 1. The standard InChI is InChI=1S/C16H24N2O/c1-2-7-18(8-3-1)9-4-10-19-16-6-5-14-12-17-13-15(14)11-16/h5-6,11,17H,1-4,7-10,12-13H2. The Bertz CT molecular complexity index is 413. The molecule has 19 heavy (non-hydrogen) atoms. The Hall–Kier alpha value is -1.06. The molecule has 2 aliphatic heterocycles. The lowest BCUT2D eigenvalue weighted by atomic mass is 10.1. The maximum atomic E-state index is 5.87. The van der Waals surface area contributed by atoms with Gasteiger partial charge in [-0.3, -0.25) is 0 Å². The number of nitrogens with zero attached hydrogens (tertiary/aromatic N) is 1. The van der Waals surface area contributed by atoms with E-state index in [9.17, 15) is 0 Å². The molecule has 0 bridgehead atoms. The number of piperidine rings is 1. The fraction of sp³-hybridized carbons (Fsp3) is 0.625. The van der Waals surface area contributed by atoms with Gasteiger partial charge in [-0.2, -0.15) is 0 Å². The fourth-order valence-electron chi connectivity index (χ4n) is 3.02. The number of ether oxygens (including phenoxy) is 1. The second kappa shape index (κ2) is 6.40. The molecule has 0 spiro atoms. The molecule has 0 aromatic heterocycles. The molecular formula is C16H24N2O. The molecule has 104 valence electrons. The quantitative estimate of drug-likeness (QED) is 0.823. The van der Waals surface area contributed by atoms with Crippen molar-refractivity contribution in [2.24, 2.45) is 0 Å². The van der Waals surface area contributed by atoms with Crippen LogP contribution in [-0.2, 0) is 13.1 Å². The first-order valence-corrected chi connectivity index (χ1v) is 7.59. The van der Waals surface area contributed by atoms with Crippen LogP contribution >= 0.6 is 0 Å². The van der Waals surface area contributed by atoms with Crippen molar-refractivity contribution in [3.63, 3.8) is 0 Å². The van der Waals surface area contributed by atoms with Crippen LogP contribution in [-0.4, -0.2) is 31.1 Å². The summed E-state index contributed by atoms with van der Waals surface area (Å²) in [5.74, 6) is 1.03. The summed E-state index contributed by atoms with van der Waals surface area (Å²) in [5.41, 5.74) is 2.81. The summed E-state index contributed by atoms with van der Waals surface area (Å²) in [5, 5.41) is 3.36. The maximum absolute atomic E-state index is 5.87. The van der Waals surface area contributed by atoms with Crippen molar-refractivity contribution in [2.75, 3.05) is 26.2 Å². The first-order chi connectivity index (χ1) is 9.42. The summed E-state index contributed by atoms with van der Waals surface area (Å²) in [6, 6.07) is 6.48. The molecule has 2 aliphatic rings. The van der Waals surface area contributed by atoms with Gasteiger partial charge in [0.2, 0.25) is 0 Å². The molecule has 0 aliphatic carbocycles. The third-order valence-corrected chi connectivity index (χ3v) is 4.14. The number of rotatable bonds is 5. The predicted molar refractivity (Wildman–Crippen MR) is 77.4 cm³/mol. The van der Waals surface area contributed by atoms with Crippen LogP contribution in [0.2, 0.25) is 0 Å². The summed E-state index contributed by atoms with van der Waals surface area (Å²) in [4.78, 5) is 2.57. The molecule has 3 heteroatoms. The summed E-state index contributed by atoms with van der Waals surface area (Å²) in [7, 11) is 0. The van der Waals surface area contributed by atoms with Crippen molar-refractivity contribution < 1.29 is 4.74 Å². The molecule has 1 aromatic carbocycles. The van der Waals surface area contributed by atoms with Crippen molar-refractivity contribution in [3.05, 3.63) is 29.3 Å². The maximum Gasteiger partial charge on any atom is 0.119 e. The Kier molecular flexibility index (Phi) is 4.36. The zero-order chi connectivity index (χ0) is 12.9. The fourth-order valence-corrected chi connectivity index (χ4v) is 3.02. The zero-order valence-electron chi connectivity index (χ0n) is 11.7. The van der Waals surface area contributed by atoms with Gasteiger partial charge in [0.15, 0.2) is 0 Å². The smallest absolute Gasteiger partial charge is 0.119 e. The van der Waals surface area contributed by atoms with Crippen LogP contribution < -0.4 is 10.1 Å². The highest BCUT2D eigenvalue weighted by atomic mass is 16.5. The van der Waals surface area contributed by atoms with E-state index in [2.05, 4.69) is 28.4 Å². The molecule has 0 radical (unpaired) electrons. The van der Waals surface area contributed by atoms with E-state index in [0.717, 1.165) is 31.9 Å². The van der Waals surface area contributed by atoms with E-state index in [0.29, 0.717) is 0 Å². The van der Waals surface area contributed by atoms with Crippen molar-refractivity contribution in [1.82, 2.24) is 10.2 Å². The molecule has 0 unspecified atom stereocenters. The van der Waals surface area contributed by atoms with Crippen molar-refractivity contribution in [1.29, 1.82) is 0 Å². The molecule has 0 saturated carbocycles. The summed E-state index contributed by atoms with van der Waals surface area (Å²) in [6.45, 7) is 6.58. The van der Waals surface area contributed by atoms with E-state index in [-0.39, 0.29) is 0 Å². The van der Waals surface area contributed by atoms with Gasteiger partial charge in [-0.1, -0.05) is 12.5 Å². The molecule has 1 N–H and O–H groups in total. The highest BCUT2D eigenvalue weighted by Crippen LogP contribution is 2.21. The highest BCUT2D eigenvalue weighted by Gasteiger charge is 2.11. The van der Waals surface area contributed by atoms with E-state index in [1.54, 1.807) is 0 Å². The number of fused-ring (bicyclic) bond motifs is 1. The Morgan fingerprint density at radius 3 is 2.79 bits per heavy atom. The van der Waals surface area contributed by atoms with Gasteiger partial charge in [0.25, 0.3) is 0 Å². The van der Waals surface area contributed by atoms with Gasteiger partial charge < -0.3 is 15.0 Å². The molecule has 1 fully saturated rings. The first-order valence-electron chi connectivity index (χ1n) is 7.59. The second-order valence-electron chi connectivity index (χ2n) is 5.64. The van der Waals surface area contributed by atoms with Gasteiger partial charge in [-0.25, -0.2) is 0 Å². The Balaban J connectivity index is 1.40. The van der Waals surface area contributed by atoms with Crippen LogP contribution in [0.5, 0.6) is 5.75 Å². The molecule has 0 atom stereocenters. The molecule has 1 aromatic rings. The zero-order valence-corrected chi connectivity index (χ0v) is 11.7. The molecule has 0 amide bonds. The van der Waals surface area contributed by atoms with Gasteiger partial charge >= 0.3 is 0 Å². The Labute approximate surface area is 115 Å². The Morgan fingerprint density at radius 2 is 1.89 bits per heavy atom. The van der Waals surface area contributed by atoms with Crippen LogP contribution in [0, 0.1) is 0 Å². The van der Waals surface area contributed by atoms with Crippen LogP contribution in [0.15, 0.2) is 18.2 Å². The third kappa shape index (κ3) is 3.48. The van der Waals surface area contributed by atoms with E-state index in [4.69, 9.17) is 4.74 Å².